The number of carbonyl (C=O) groups excluding carboxylic acids is 2. The highest BCUT2D eigenvalue weighted by Crippen LogP contribution is 2.26. The van der Waals surface area contributed by atoms with E-state index >= 15 is 0 Å². The largest absolute Gasteiger partial charge is 0.343 e. The minimum atomic E-state index is -1.04. The van der Waals surface area contributed by atoms with Gasteiger partial charge in [-0.1, -0.05) is 11.6 Å². The lowest BCUT2D eigenvalue weighted by molar-refractivity contribution is -0.127. The van der Waals surface area contributed by atoms with Gasteiger partial charge in [0.1, 0.15) is 18.0 Å². The summed E-state index contributed by atoms with van der Waals surface area (Å²) in [5, 5.41) is 5.37. The molecule has 2 fully saturated rings. The number of alkyl halides is 1. The predicted molar refractivity (Wildman–Crippen MR) is 81.6 cm³/mol. The molecule has 3 rings (SSSR count). The fourth-order valence-electron chi connectivity index (χ4n) is 2.89. The Morgan fingerprint density at radius 2 is 2.22 bits per heavy atom. The molecule has 0 spiro atoms. The third kappa shape index (κ3) is 3.30. The molecule has 0 saturated carbocycles. The summed E-state index contributed by atoms with van der Waals surface area (Å²) in [5.74, 6) is -1.21. The Morgan fingerprint density at radius 3 is 2.87 bits per heavy atom. The van der Waals surface area contributed by atoms with Gasteiger partial charge in [-0.25, -0.2) is 8.78 Å². The molecule has 2 N–H and O–H groups in total. The zero-order chi connectivity index (χ0) is 16.6. The molecule has 5 nitrogen and oxygen atoms in total. The van der Waals surface area contributed by atoms with Crippen molar-refractivity contribution in [2.75, 3.05) is 18.0 Å². The molecule has 124 valence electrons. The summed E-state index contributed by atoms with van der Waals surface area (Å²) in [6.45, 7) is 0.548. The van der Waals surface area contributed by atoms with Gasteiger partial charge in [0.2, 0.25) is 11.8 Å². The molecule has 3 atom stereocenters. The number of rotatable bonds is 3. The van der Waals surface area contributed by atoms with E-state index in [1.54, 1.807) is 0 Å². The third-order valence-corrected chi connectivity index (χ3v) is 4.42. The van der Waals surface area contributed by atoms with Gasteiger partial charge in [-0.3, -0.25) is 9.59 Å². The lowest BCUT2D eigenvalue weighted by Gasteiger charge is -2.18. The molecular formula is C15H16ClF2N3O2. The van der Waals surface area contributed by atoms with Crippen LogP contribution >= 0.6 is 11.6 Å². The van der Waals surface area contributed by atoms with Crippen LogP contribution in [0.5, 0.6) is 0 Å². The molecule has 8 heteroatoms. The average molecular weight is 344 g/mol. The first-order valence-electron chi connectivity index (χ1n) is 7.40. The number of nitrogens with zero attached hydrogens (tertiary/aromatic N) is 1. The zero-order valence-electron chi connectivity index (χ0n) is 12.2. The Balaban J connectivity index is 1.64. The van der Waals surface area contributed by atoms with Gasteiger partial charge in [0.15, 0.2) is 0 Å². The van der Waals surface area contributed by atoms with Gasteiger partial charge in [0, 0.05) is 25.2 Å². The summed E-state index contributed by atoms with van der Waals surface area (Å²) < 4.78 is 26.3. The van der Waals surface area contributed by atoms with E-state index < -0.39 is 24.1 Å². The second kappa shape index (κ2) is 6.41. The van der Waals surface area contributed by atoms with E-state index in [0.29, 0.717) is 18.7 Å². The van der Waals surface area contributed by atoms with Gasteiger partial charge in [-0.05, 0) is 24.6 Å². The normalized spacial score (nSPS) is 27.5. The van der Waals surface area contributed by atoms with Crippen LogP contribution in [0.1, 0.15) is 12.8 Å². The number of hydrogen-bond donors (Lipinski definition) is 2. The van der Waals surface area contributed by atoms with Gasteiger partial charge in [-0.15, -0.1) is 0 Å². The Morgan fingerprint density at radius 1 is 1.43 bits per heavy atom. The molecule has 0 radical (unpaired) electrons. The molecule has 1 aromatic rings. The molecule has 0 aliphatic carbocycles. The maximum absolute atomic E-state index is 13.2. The van der Waals surface area contributed by atoms with E-state index in [4.69, 9.17) is 11.6 Å². The van der Waals surface area contributed by atoms with Gasteiger partial charge < -0.3 is 15.5 Å². The summed E-state index contributed by atoms with van der Waals surface area (Å²) >= 11 is 5.73. The highest BCUT2D eigenvalue weighted by atomic mass is 35.5. The van der Waals surface area contributed by atoms with Crippen LogP contribution in [0.25, 0.3) is 0 Å². The van der Waals surface area contributed by atoms with Crippen LogP contribution in [-0.2, 0) is 9.59 Å². The van der Waals surface area contributed by atoms with Crippen LogP contribution in [0, 0.1) is 5.82 Å². The van der Waals surface area contributed by atoms with Crippen molar-refractivity contribution in [3.63, 3.8) is 0 Å². The number of nitrogens with one attached hydrogen (secondary N) is 2. The molecule has 0 aromatic heterocycles. The van der Waals surface area contributed by atoms with Gasteiger partial charge in [0.05, 0.1) is 11.1 Å². The molecular weight excluding hydrogens is 328 g/mol. The van der Waals surface area contributed by atoms with E-state index in [1.165, 1.54) is 23.1 Å². The van der Waals surface area contributed by atoms with Crippen molar-refractivity contribution in [1.29, 1.82) is 0 Å². The van der Waals surface area contributed by atoms with Crippen molar-refractivity contribution in [3.05, 3.63) is 29.0 Å². The number of carbonyl (C=O) groups is 2. The summed E-state index contributed by atoms with van der Waals surface area (Å²) in [6.07, 6.45) is -0.488. The minimum absolute atomic E-state index is 0.0630. The topological polar surface area (TPSA) is 61.4 Å². The molecule has 2 aliphatic rings. The minimum Gasteiger partial charge on any atom is -0.343 e. The van der Waals surface area contributed by atoms with Crippen LogP contribution < -0.4 is 15.5 Å². The monoisotopic (exact) mass is 343 g/mol. The second-order valence-electron chi connectivity index (χ2n) is 5.73. The number of hydrogen-bond acceptors (Lipinski definition) is 3. The van der Waals surface area contributed by atoms with E-state index in [2.05, 4.69) is 10.6 Å². The zero-order valence-corrected chi connectivity index (χ0v) is 12.9. The summed E-state index contributed by atoms with van der Waals surface area (Å²) in [7, 11) is 0. The van der Waals surface area contributed by atoms with Gasteiger partial charge in [-0.2, -0.15) is 0 Å². The SMILES string of the molecule is O=C(N[C@@H]1CCN(c2ccc(F)c(Cl)c2)C1=O)[C@H]1C[C@H](F)CN1. The summed E-state index contributed by atoms with van der Waals surface area (Å²) in [5.41, 5.74) is 0.487. The Bertz CT molecular complexity index is 643. The first kappa shape index (κ1) is 16.1. The quantitative estimate of drug-likeness (QED) is 0.872. The first-order valence-corrected chi connectivity index (χ1v) is 7.78. The summed E-state index contributed by atoms with van der Waals surface area (Å²) in [4.78, 5) is 25.9. The average Bonchev–Trinajstić information content (AvgIpc) is 3.09. The van der Waals surface area contributed by atoms with Crippen LogP contribution in [0.2, 0.25) is 5.02 Å². The summed E-state index contributed by atoms with van der Waals surface area (Å²) in [6, 6.07) is 2.78. The van der Waals surface area contributed by atoms with E-state index in [0.717, 1.165) is 0 Å². The highest BCUT2D eigenvalue weighted by molar-refractivity contribution is 6.31. The van der Waals surface area contributed by atoms with Crippen molar-refractivity contribution >= 4 is 29.1 Å². The van der Waals surface area contributed by atoms with E-state index in [9.17, 15) is 18.4 Å². The third-order valence-electron chi connectivity index (χ3n) is 4.13. The van der Waals surface area contributed by atoms with Gasteiger partial charge in [0.25, 0.3) is 0 Å². The first-order chi connectivity index (χ1) is 11.0. The fraction of sp³-hybridized carbons (Fsp3) is 0.467. The van der Waals surface area contributed by atoms with Crippen molar-refractivity contribution < 1.29 is 18.4 Å². The standard InChI is InChI=1S/C15H16ClF2N3O2/c16-10-6-9(1-2-11(10)18)21-4-3-12(15(21)23)20-14(22)13-5-8(17)7-19-13/h1-2,6,8,12-13,19H,3-5,7H2,(H,20,22)/t8-,12+,13+/m0/s1. The molecule has 23 heavy (non-hydrogen) atoms. The van der Waals surface area contributed by atoms with E-state index in [1.807, 2.05) is 0 Å². The molecule has 2 saturated heterocycles. The Labute approximate surface area is 137 Å². The predicted octanol–water partition coefficient (Wildman–Crippen LogP) is 1.40. The van der Waals surface area contributed by atoms with E-state index in [-0.39, 0.29) is 29.8 Å². The van der Waals surface area contributed by atoms with Crippen LogP contribution in [0.3, 0.4) is 0 Å². The smallest absolute Gasteiger partial charge is 0.249 e. The van der Waals surface area contributed by atoms with Crippen LogP contribution in [0.4, 0.5) is 14.5 Å². The van der Waals surface area contributed by atoms with Crippen LogP contribution in [-0.4, -0.2) is 43.2 Å². The Hall–Kier alpha value is -1.73. The maximum Gasteiger partial charge on any atom is 0.249 e. The number of benzene rings is 1. The van der Waals surface area contributed by atoms with Crippen molar-refractivity contribution in [2.45, 2.75) is 31.1 Å². The molecule has 1 aromatic carbocycles. The highest BCUT2D eigenvalue weighted by Gasteiger charge is 2.36. The van der Waals surface area contributed by atoms with Crippen molar-refractivity contribution in [3.8, 4) is 0 Å². The molecule has 2 aliphatic heterocycles. The fourth-order valence-corrected chi connectivity index (χ4v) is 3.06. The molecule has 0 unspecified atom stereocenters. The number of anilines is 1. The lowest BCUT2D eigenvalue weighted by Crippen LogP contribution is -2.48. The number of amides is 2. The van der Waals surface area contributed by atoms with Crippen molar-refractivity contribution in [1.82, 2.24) is 10.6 Å². The lowest BCUT2D eigenvalue weighted by atomic mass is 10.1. The second-order valence-corrected chi connectivity index (χ2v) is 6.14. The van der Waals surface area contributed by atoms with Gasteiger partial charge >= 0.3 is 0 Å². The molecule has 2 amide bonds. The molecule has 0 bridgehead atoms. The molecule has 2 heterocycles. The van der Waals surface area contributed by atoms with Crippen molar-refractivity contribution in [2.24, 2.45) is 0 Å². The number of halogens is 3. The Kier molecular flexibility index (Phi) is 4.50. The van der Waals surface area contributed by atoms with Crippen LogP contribution in [0.15, 0.2) is 18.2 Å². The maximum atomic E-state index is 13.2.